The molecule has 44 heavy (non-hydrogen) atoms. The number of carbonyl (C=O) groups excluding carboxylic acids is 2. The molecule has 0 spiro atoms. The Bertz CT molecular complexity index is 1340. The lowest BCUT2D eigenvalue weighted by Crippen LogP contribution is -2.46. The monoisotopic (exact) mass is 604 g/mol. The van der Waals surface area contributed by atoms with Gasteiger partial charge in [0, 0.05) is 31.4 Å². The Hall–Kier alpha value is -4.21. The van der Waals surface area contributed by atoms with E-state index in [-0.39, 0.29) is 30.3 Å². The van der Waals surface area contributed by atoms with Crippen molar-refractivity contribution in [3.05, 3.63) is 102 Å². The smallest absolute Gasteiger partial charge is 0.224 e. The lowest BCUT2D eigenvalue weighted by molar-refractivity contribution is -0.122. The molecule has 1 amide bonds. The lowest BCUT2D eigenvalue weighted by Gasteiger charge is -2.28. The molecule has 8 nitrogen and oxygen atoms in total. The third-order valence-corrected chi connectivity index (χ3v) is 7.43. The minimum absolute atomic E-state index is 0.0441. The zero-order valence-corrected chi connectivity index (χ0v) is 25.1. The summed E-state index contributed by atoms with van der Waals surface area (Å²) in [7, 11) is 1.57. The van der Waals surface area contributed by atoms with Crippen LogP contribution in [0.1, 0.15) is 54.1 Å². The molecule has 0 aliphatic carbocycles. The maximum absolute atomic E-state index is 13.0. The molecule has 9 heteroatoms. The molecule has 1 aliphatic heterocycles. The van der Waals surface area contributed by atoms with Crippen LogP contribution < -0.4 is 19.5 Å². The molecule has 0 aromatic heterocycles. The van der Waals surface area contributed by atoms with Crippen LogP contribution in [0.2, 0.25) is 0 Å². The largest absolute Gasteiger partial charge is 0.497 e. The SMILES string of the molecule is COc1ccc(C(=O)C/C=C/CC(=O)N[C@H](CN2CCCC2)[C@H](O)c2ccc(OCCCOc3ccc(F)cc3)cc2)cc1. The van der Waals surface area contributed by atoms with E-state index < -0.39 is 12.1 Å². The number of amides is 1. The second-order valence-corrected chi connectivity index (χ2v) is 10.7. The van der Waals surface area contributed by atoms with E-state index in [9.17, 15) is 19.1 Å². The summed E-state index contributed by atoms with van der Waals surface area (Å²) in [4.78, 5) is 27.5. The van der Waals surface area contributed by atoms with Crippen LogP contribution in [0.25, 0.3) is 0 Å². The van der Waals surface area contributed by atoms with Crippen LogP contribution in [0.5, 0.6) is 17.2 Å². The first kappa shape index (κ1) is 32.7. The maximum Gasteiger partial charge on any atom is 0.224 e. The van der Waals surface area contributed by atoms with Crippen molar-refractivity contribution in [2.45, 2.75) is 44.2 Å². The number of nitrogens with one attached hydrogen (secondary N) is 1. The number of hydrogen-bond acceptors (Lipinski definition) is 7. The van der Waals surface area contributed by atoms with E-state index in [2.05, 4.69) is 10.2 Å². The summed E-state index contributed by atoms with van der Waals surface area (Å²) in [5, 5.41) is 14.3. The van der Waals surface area contributed by atoms with Gasteiger partial charge in [-0.1, -0.05) is 24.3 Å². The number of aliphatic hydroxyl groups excluding tert-OH is 1. The highest BCUT2D eigenvalue weighted by atomic mass is 19.1. The summed E-state index contributed by atoms with van der Waals surface area (Å²) in [6, 6.07) is 19.5. The topological polar surface area (TPSA) is 97.3 Å². The predicted molar refractivity (Wildman–Crippen MR) is 167 cm³/mol. The summed E-state index contributed by atoms with van der Waals surface area (Å²) in [6.07, 6.45) is 5.63. The molecule has 0 bridgehead atoms. The van der Waals surface area contributed by atoms with Crippen LogP contribution in [0.3, 0.4) is 0 Å². The second kappa shape index (κ2) is 17.2. The number of methoxy groups -OCH3 is 1. The first-order chi connectivity index (χ1) is 21.4. The zero-order valence-electron chi connectivity index (χ0n) is 25.1. The minimum Gasteiger partial charge on any atom is -0.497 e. The number of benzene rings is 3. The zero-order chi connectivity index (χ0) is 31.1. The highest BCUT2D eigenvalue weighted by Crippen LogP contribution is 2.23. The number of hydrogen-bond donors (Lipinski definition) is 2. The van der Waals surface area contributed by atoms with Gasteiger partial charge in [-0.3, -0.25) is 9.59 Å². The molecule has 4 rings (SSSR count). The van der Waals surface area contributed by atoms with Gasteiger partial charge in [-0.2, -0.15) is 0 Å². The van der Waals surface area contributed by atoms with Crippen molar-refractivity contribution in [3.63, 3.8) is 0 Å². The number of nitrogens with zero attached hydrogens (tertiary/aromatic N) is 1. The van der Waals surface area contributed by atoms with Gasteiger partial charge in [-0.05, 0) is 92.2 Å². The maximum atomic E-state index is 13.0. The van der Waals surface area contributed by atoms with E-state index >= 15 is 0 Å². The summed E-state index contributed by atoms with van der Waals surface area (Å²) < 4.78 is 29.5. The average Bonchev–Trinajstić information content (AvgIpc) is 3.56. The average molecular weight is 605 g/mol. The van der Waals surface area contributed by atoms with E-state index in [0.29, 0.717) is 54.6 Å². The van der Waals surface area contributed by atoms with Gasteiger partial charge in [0.1, 0.15) is 29.2 Å². The Morgan fingerprint density at radius 3 is 2.05 bits per heavy atom. The summed E-state index contributed by atoms with van der Waals surface area (Å²) in [6.45, 7) is 3.29. The van der Waals surface area contributed by atoms with Crippen molar-refractivity contribution in [3.8, 4) is 17.2 Å². The van der Waals surface area contributed by atoms with Crippen molar-refractivity contribution in [1.29, 1.82) is 0 Å². The Labute approximate surface area is 258 Å². The Kier molecular flexibility index (Phi) is 12.8. The fraction of sp³-hybridized carbons (Fsp3) is 0.371. The molecule has 1 aliphatic rings. The van der Waals surface area contributed by atoms with Crippen LogP contribution in [-0.2, 0) is 4.79 Å². The molecule has 1 heterocycles. The number of likely N-dealkylation sites (tertiary alicyclic amines) is 1. The molecule has 1 fully saturated rings. The van der Waals surface area contributed by atoms with Crippen LogP contribution in [-0.4, -0.2) is 67.7 Å². The fourth-order valence-corrected chi connectivity index (χ4v) is 4.97. The summed E-state index contributed by atoms with van der Waals surface area (Å²) in [5.74, 6) is 1.39. The van der Waals surface area contributed by atoms with Crippen LogP contribution in [0.15, 0.2) is 84.9 Å². The molecule has 3 aromatic rings. The molecule has 0 unspecified atom stereocenters. The predicted octanol–water partition coefficient (Wildman–Crippen LogP) is 5.52. The first-order valence-electron chi connectivity index (χ1n) is 15.0. The molecular formula is C35H41FN2O6. The van der Waals surface area contributed by atoms with E-state index in [1.807, 2.05) is 12.1 Å². The second-order valence-electron chi connectivity index (χ2n) is 10.7. The Morgan fingerprint density at radius 2 is 1.43 bits per heavy atom. The van der Waals surface area contributed by atoms with Gasteiger partial charge in [0.15, 0.2) is 5.78 Å². The summed E-state index contributed by atoms with van der Waals surface area (Å²) in [5.41, 5.74) is 1.27. The number of Topliss-reactive ketones (excluding diaryl/α,β-unsaturated/α-hetero) is 1. The van der Waals surface area contributed by atoms with Gasteiger partial charge in [-0.25, -0.2) is 4.39 Å². The molecular weight excluding hydrogens is 563 g/mol. The van der Waals surface area contributed by atoms with E-state index in [1.54, 1.807) is 67.8 Å². The van der Waals surface area contributed by atoms with Crippen molar-refractivity contribution in [2.75, 3.05) is 40.0 Å². The standard InChI is InChI=1S/C35H41FN2O6/c1-42-29-15-9-26(10-16-29)33(39)7-2-3-8-34(40)37-32(25-38-21-4-5-22-38)35(41)27-11-17-30(18-12-27)43-23-6-24-44-31-19-13-28(36)14-20-31/h2-3,9-20,32,35,41H,4-8,21-25H2,1H3,(H,37,40)/b3-2+/t32-,35-/m1/s1. The van der Waals surface area contributed by atoms with Crippen molar-refractivity contribution >= 4 is 11.7 Å². The normalized spacial score (nSPS) is 14.7. The number of ether oxygens (including phenoxy) is 3. The number of allylic oxidation sites excluding steroid dienone is 1. The van der Waals surface area contributed by atoms with E-state index in [1.165, 1.54) is 12.1 Å². The number of halogens is 1. The van der Waals surface area contributed by atoms with Gasteiger partial charge in [0.05, 0.1) is 26.4 Å². The van der Waals surface area contributed by atoms with Gasteiger partial charge >= 0.3 is 0 Å². The molecule has 0 saturated carbocycles. The Morgan fingerprint density at radius 1 is 0.864 bits per heavy atom. The minimum atomic E-state index is -0.904. The van der Waals surface area contributed by atoms with Crippen molar-refractivity contribution < 1.29 is 33.3 Å². The molecule has 3 aromatic carbocycles. The highest BCUT2D eigenvalue weighted by Gasteiger charge is 2.26. The van der Waals surface area contributed by atoms with Crippen LogP contribution in [0.4, 0.5) is 4.39 Å². The van der Waals surface area contributed by atoms with E-state index in [4.69, 9.17) is 14.2 Å². The molecule has 1 saturated heterocycles. The number of aliphatic hydroxyl groups is 1. The molecule has 234 valence electrons. The Balaban J connectivity index is 1.24. The highest BCUT2D eigenvalue weighted by molar-refractivity contribution is 5.97. The molecule has 2 N–H and O–H groups in total. The third-order valence-electron chi connectivity index (χ3n) is 7.43. The molecule has 0 radical (unpaired) electrons. The first-order valence-corrected chi connectivity index (χ1v) is 15.0. The quantitative estimate of drug-likeness (QED) is 0.119. The van der Waals surface area contributed by atoms with Gasteiger partial charge < -0.3 is 29.5 Å². The van der Waals surface area contributed by atoms with Gasteiger partial charge in [-0.15, -0.1) is 0 Å². The number of ketones is 1. The van der Waals surface area contributed by atoms with Crippen LogP contribution in [0, 0.1) is 5.82 Å². The molecule has 2 atom stereocenters. The number of rotatable bonds is 17. The van der Waals surface area contributed by atoms with Gasteiger partial charge in [0.2, 0.25) is 5.91 Å². The van der Waals surface area contributed by atoms with E-state index in [0.717, 1.165) is 25.9 Å². The fourth-order valence-electron chi connectivity index (χ4n) is 4.97. The lowest BCUT2D eigenvalue weighted by atomic mass is 10.0. The number of carbonyl (C=O) groups is 2. The third kappa shape index (κ3) is 10.5. The van der Waals surface area contributed by atoms with Crippen LogP contribution >= 0.6 is 0 Å². The summed E-state index contributed by atoms with van der Waals surface area (Å²) >= 11 is 0. The van der Waals surface area contributed by atoms with Crippen molar-refractivity contribution in [2.24, 2.45) is 0 Å². The van der Waals surface area contributed by atoms with Gasteiger partial charge in [0.25, 0.3) is 0 Å². The van der Waals surface area contributed by atoms with Crippen molar-refractivity contribution in [1.82, 2.24) is 10.2 Å².